The molecule has 0 unspecified atom stereocenters. The molecule has 2 N–H and O–H groups in total. The van der Waals surface area contributed by atoms with E-state index in [2.05, 4.69) is 12.1 Å². The van der Waals surface area contributed by atoms with Crippen molar-refractivity contribution >= 4 is 12.4 Å². The van der Waals surface area contributed by atoms with Crippen molar-refractivity contribution in [3.63, 3.8) is 0 Å². The second-order valence-electron chi connectivity index (χ2n) is 5.27. The SMILES string of the molecule is Cl.N[C@H](CC1CC1)c1ccc(Oc2ccccc2)cc1. The predicted octanol–water partition coefficient (Wildman–Crippen LogP) is 4.70. The van der Waals surface area contributed by atoms with Crippen LogP contribution in [0.25, 0.3) is 0 Å². The molecule has 3 heteroatoms. The molecule has 0 heterocycles. The van der Waals surface area contributed by atoms with Crippen LogP contribution in [-0.4, -0.2) is 0 Å². The lowest BCUT2D eigenvalue weighted by molar-refractivity contribution is 0.482. The molecule has 0 aromatic heterocycles. The Morgan fingerprint density at radius 3 is 2.15 bits per heavy atom. The largest absolute Gasteiger partial charge is 0.457 e. The van der Waals surface area contributed by atoms with E-state index < -0.39 is 0 Å². The van der Waals surface area contributed by atoms with Crippen LogP contribution in [0.2, 0.25) is 0 Å². The highest BCUT2D eigenvalue weighted by Gasteiger charge is 2.24. The summed E-state index contributed by atoms with van der Waals surface area (Å²) in [4.78, 5) is 0. The van der Waals surface area contributed by atoms with E-state index in [9.17, 15) is 0 Å². The van der Waals surface area contributed by atoms with Crippen LogP contribution in [0, 0.1) is 5.92 Å². The van der Waals surface area contributed by atoms with Crippen LogP contribution in [0.15, 0.2) is 54.6 Å². The standard InChI is InChI=1S/C17H19NO.ClH/c18-17(12-13-6-7-13)14-8-10-16(11-9-14)19-15-4-2-1-3-5-15;/h1-5,8-11,13,17H,6-7,12,18H2;1H/t17-;/m1./s1. The highest BCUT2D eigenvalue weighted by Crippen LogP contribution is 2.37. The second kappa shape index (κ2) is 6.78. The van der Waals surface area contributed by atoms with Crippen LogP contribution in [-0.2, 0) is 0 Å². The van der Waals surface area contributed by atoms with Crippen molar-refractivity contribution in [2.75, 3.05) is 0 Å². The van der Waals surface area contributed by atoms with Crippen LogP contribution in [0.1, 0.15) is 30.9 Å². The molecule has 0 aliphatic heterocycles. The average Bonchev–Trinajstić information content (AvgIpc) is 3.25. The number of halogens is 1. The van der Waals surface area contributed by atoms with Crippen molar-refractivity contribution in [3.05, 3.63) is 60.2 Å². The van der Waals surface area contributed by atoms with Gasteiger partial charge in [-0.3, -0.25) is 0 Å². The number of rotatable bonds is 5. The minimum Gasteiger partial charge on any atom is -0.457 e. The van der Waals surface area contributed by atoms with Crippen molar-refractivity contribution in [2.45, 2.75) is 25.3 Å². The van der Waals surface area contributed by atoms with Gasteiger partial charge in [0.05, 0.1) is 0 Å². The summed E-state index contributed by atoms with van der Waals surface area (Å²) in [5.74, 6) is 2.57. The van der Waals surface area contributed by atoms with Crippen molar-refractivity contribution < 1.29 is 4.74 Å². The molecule has 1 aliphatic rings. The molecule has 0 radical (unpaired) electrons. The zero-order chi connectivity index (χ0) is 13.1. The summed E-state index contributed by atoms with van der Waals surface area (Å²) in [6.07, 6.45) is 3.81. The molecule has 2 nitrogen and oxygen atoms in total. The van der Waals surface area contributed by atoms with Crippen molar-refractivity contribution in [2.24, 2.45) is 11.7 Å². The molecular weight excluding hydrogens is 270 g/mol. The highest BCUT2D eigenvalue weighted by atomic mass is 35.5. The molecule has 0 saturated heterocycles. The van der Waals surface area contributed by atoms with Gasteiger partial charge in [-0.2, -0.15) is 0 Å². The summed E-state index contributed by atoms with van der Waals surface area (Å²) < 4.78 is 5.77. The van der Waals surface area contributed by atoms with Gasteiger partial charge in [0.2, 0.25) is 0 Å². The Kier molecular flexibility index (Phi) is 5.05. The Morgan fingerprint density at radius 1 is 0.950 bits per heavy atom. The molecule has 2 aromatic carbocycles. The van der Waals surface area contributed by atoms with Crippen LogP contribution in [0.5, 0.6) is 11.5 Å². The summed E-state index contributed by atoms with van der Waals surface area (Å²) >= 11 is 0. The quantitative estimate of drug-likeness (QED) is 0.866. The Labute approximate surface area is 126 Å². The first kappa shape index (κ1) is 14.9. The molecule has 0 spiro atoms. The van der Waals surface area contributed by atoms with Gasteiger partial charge in [-0.1, -0.05) is 43.2 Å². The summed E-state index contributed by atoms with van der Waals surface area (Å²) in [5.41, 5.74) is 7.40. The Hall–Kier alpha value is -1.51. The van der Waals surface area contributed by atoms with Crippen molar-refractivity contribution in [1.82, 2.24) is 0 Å². The third-order valence-electron chi connectivity index (χ3n) is 3.57. The maximum atomic E-state index is 6.20. The van der Waals surface area contributed by atoms with Crippen LogP contribution in [0.3, 0.4) is 0 Å². The van der Waals surface area contributed by atoms with Gasteiger partial charge < -0.3 is 10.5 Å². The normalized spacial score (nSPS) is 15.2. The topological polar surface area (TPSA) is 35.2 Å². The van der Waals surface area contributed by atoms with Gasteiger partial charge >= 0.3 is 0 Å². The minimum atomic E-state index is 0. The maximum Gasteiger partial charge on any atom is 0.127 e. The van der Waals surface area contributed by atoms with E-state index in [0.29, 0.717) is 0 Å². The summed E-state index contributed by atoms with van der Waals surface area (Å²) in [6.45, 7) is 0. The molecule has 20 heavy (non-hydrogen) atoms. The molecule has 3 rings (SSSR count). The van der Waals surface area contributed by atoms with Gasteiger partial charge in [0.15, 0.2) is 0 Å². The first-order valence-corrected chi connectivity index (χ1v) is 6.90. The highest BCUT2D eigenvalue weighted by molar-refractivity contribution is 5.85. The van der Waals surface area contributed by atoms with Gasteiger partial charge in [0.1, 0.15) is 11.5 Å². The maximum absolute atomic E-state index is 6.20. The monoisotopic (exact) mass is 289 g/mol. The molecule has 1 fully saturated rings. The molecule has 1 saturated carbocycles. The van der Waals surface area contributed by atoms with E-state index in [-0.39, 0.29) is 18.4 Å². The van der Waals surface area contributed by atoms with E-state index in [1.165, 1.54) is 18.4 Å². The van der Waals surface area contributed by atoms with E-state index in [1.54, 1.807) is 0 Å². The van der Waals surface area contributed by atoms with Gasteiger partial charge in [0.25, 0.3) is 0 Å². The molecule has 2 aromatic rings. The lowest BCUT2D eigenvalue weighted by atomic mass is 10.0. The molecule has 0 amide bonds. The zero-order valence-corrected chi connectivity index (χ0v) is 12.2. The number of nitrogens with two attached hydrogens (primary N) is 1. The number of benzene rings is 2. The van der Waals surface area contributed by atoms with E-state index in [1.807, 2.05) is 42.5 Å². The fraction of sp³-hybridized carbons (Fsp3) is 0.294. The van der Waals surface area contributed by atoms with Gasteiger partial charge in [0, 0.05) is 6.04 Å². The van der Waals surface area contributed by atoms with Gasteiger partial charge in [-0.05, 0) is 42.2 Å². The fourth-order valence-electron chi connectivity index (χ4n) is 2.26. The van der Waals surface area contributed by atoms with E-state index in [0.717, 1.165) is 23.8 Å². The predicted molar refractivity (Wildman–Crippen MR) is 84.5 cm³/mol. The third-order valence-corrected chi connectivity index (χ3v) is 3.57. The first-order chi connectivity index (χ1) is 9.31. The molecule has 1 atom stereocenters. The third kappa shape index (κ3) is 3.99. The second-order valence-corrected chi connectivity index (χ2v) is 5.27. The summed E-state index contributed by atoms with van der Waals surface area (Å²) in [7, 11) is 0. The zero-order valence-electron chi connectivity index (χ0n) is 11.4. The Bertz CT molecular complexity index is 522. The number of hydrogen-bond donors (Lipinski definition) is 1. The van der Waals surface area contributed by atoms with Gasteiger partial charge in [-0.25, -0.2) is 0 Å². The molecule has 106 valence electrons. The Morgan fingerprint density at radius 2 is 1.55 bits per heavy atom. The fourth-order valence-corrected chi connectivity index (χ4v) is 2.26. The van der Waals surface area contributed by atoms with Crippen molar-refractivity contribution in [3.8, 4) is 11.5 Å². The molecule has 1 aliphatic carbocycles. The smallest absolute Gasteiger partial charge is 0.127 e. The van der Waals surface area contributed by atoms with Gasteiger partial charge in [-0.15, -0.1) is 12.4 Å². The summed E-state index contributed by atoms with van der Waals surface area (Å²) in [5, 5.41) is 0. The van der Waals surface area contributed by atoms with Crippen LogP contribution < -0.4 is 10.5 Å². The molecule has 0 bridgehead atoms. The number of para-hydroxylation sites is 1. The minimum absolute atomic E-state index is 0. The lowest BCUT2D eigenvalue weighted by Gasteiger charge is -2.12. The van der Waals surface area contributed by atoms with Crippen LogP contribution >= 0.6 is 12.4 Å². The van der Waals surface area contributed by atoms with E-state index in [4.69, 9.17) is 10.5 Å². The Balaban J connectivity index is 0.00000147. The summed E-state index contributed by atoms with van der Waals surface area (Å²) in [6, 6.07) is 18.1. The molecular formula is C17H20ClNO. The van der Waals surface area contributed by atoms with Crippen LogP contribution in [0.4, 0.5) is 0 Å². The van der Waals surface area contributed by atoms with E-state index >= 15 is 0 Å². The number of ether oxygens (including phenoxy) is 1. The first-order valence-electron chi connectivity index (χ1n) is 6.90. The lowest BCUT2D eigenvalue weighted by Crippen LogP contribution is -2.10. The number of hydrogen-bond acceptors (Lipinski definition) is 2. The van der Waals surface area contributed by atoms with Crippen molar-refractivity contribution in [1.29, 1.82) is 0 Å². The average molecular weight is 290 g/mol.